The van der Waals surface area contributed by atoms with Crippen molar-refractivity contribution in [1.82, 2.24) is 0 Å². The number of nitro groups is 1. The number of carbonyl (C=O) groups excluding carboxylic acids is 2. The van der Waals surface area contributed by atoms with Crippen LogP contribution in [0.2, 0.25) is 0 Å². The molecule has 122 valence electrons. The molecule has 2 aromatic rings. The van der Waals surface area contributed by atoms with E-state index < -0.39 is 28.6 Å². The van der Waals surface area contributed by atoms with Crippen LogP contribution in [-0.2, 0) is 9.59 Å². The number of anilines is 2. The molecule has 1 saturated heterocycles. The number of rotatable bonds is 4. The van der Waals surface area contributed by atoms with E-state index in [0.29, 0.717) is 5.69 Å². The fourth-order valence-electron chi connectivity index (χ4n) is 2.51. The monoisotopic (exact) mass is 329 g/mol. The SMILES string of the molecule is O=C1CC(Nc2ccc([N+](=O)[O-])cc2)C(=O)N1c1ccccc1F. The first-order chi connectivity index (χ1) is 11.5. The quantitative estimate of drug-likeness (QED) is 0.528. The Bertz CT molecular complexity index is 822. The average molecular weight is 329 g/mol. The molecule has 2 aromatic carbocycles. The van der Waals surface area contributed by atoms with Crippen LogP contribution in [-0.4, -0.2) is 22.8 Å². The van der Waals surface area contributed by atoms with Crippen LogP contribution in [0.1, 0.15) is 6.42 Å². The van der Waals surface area contributed by atoms with Crippen LogP contribution in [0.25, 0.3) is 0 Å². The smallest absolute Gasteiger partial charge is 0.269 e. The third-order valence-corrected chi connectivity index (χ3v) is 3.66. The Labute approximate surface area is 135 Å². The highest BCUT2D eigenvalue weighted by molar-refractivity contribution is 6.23. The van der Waals surface area contributed by atoms with Crippen molar-refractivity contribution < 1.29 is 18.9 Å². The first-order valence-corrected chi connectivity index (χ1v) is 7.09. The molecule has 3 rings (SSSR count). The number of benzene rings is 2. The molecule has 1 N–H and O–H groups in total. The minimum atomic E-state index is -0.849. The van der Waals surface area contributed by atoms with Crippen LogP contribution in [0.3, 0.4) is 0 Å². The molecule has 0 bridgehead atoms. The molecule has 1 unspecified atom stereocenters. The molecule has 0 aliphatic carbocycles. The average Bonchev–Trinajstić information content (AvgIpc) is 2.83. The molecule has 0 aromatic heterocycles. The maximum atomic E-state index is 13.8. The maximum absolute atomic E-state index is 13.8. The fourth-order valence-corrected chi connectivity index (χ4v) is 2.51. The van der Waals surface area contributed by atoms with E-state index in [1.54, 1.807) is 0 Å². The normalized spacial score (nSPS) is 17.2. The van der Waals surface area contributed by atoms with Gasteiger partial charge in [-0.1, -0.05) is 12.1 Å². The number of amides is 2. The van der Waals surface area contributed by atoms with Crippen LogP contribution >= 0.6 is 0 Å². The lowest BCUT2D eigenvalue weighted by atomic mass is 10.2. The van der Waals surface area contributed by atoms with Crippen molar-refractivity contribution in [2.45, 2.75) is 12.5 Å². The van der Waals surface area contributed by atoms with E-state index in [1.165, 1.54) is 48.5 Å². The van der Waals surface area contributed by atoms with E-state index in [0.717, 1.165) is 4.90 Å². The summed E-state index contributed by atoms with van der Waals surface area (Å²) < 4.78 is 13.8. The molecule has 0 spiro atoms. The van der Waals surface area contributed by atoms with Gasteiger partial charge in [-0.05, 0) is 24.3 Å². The van der Waals surface area contributed by atoms with E-state index in [-0.39, 0.29) is 17.8 Å². The molecule has 8 heteroatoms. The molecule has 1 atom stereocenters. The van der Waals surface area contributed by atoms with E-state index in [4.69, 9.17) is 0 Å². The summed E-state index contributed by atoms with van der Waals surface area (Å²) in [7, 11) is 0. The molecule has 0 radical (unpaired) electrons. The molecular formula is C16H12FN3O4. The molecule has 1 aliphatic rings. The lowest BCUT2D eigenvalue weighted by molar-refractivity contribution is -0.384. The number of carbonyl (C=O) groups is 2. The first-order valence-electron chi connectivity index (χ1n) is 7.09. The van der Waals surface area contributed by atoms with Gasteiger partial charge < -0.3 is 5.32 Å². The van der Waals surface area contributed by atoms with Gasteiger partial charge in [0.15, 0.2) is 0 Å². The largest absolute Gasteiger partial charge is 0.373 e. The van der Waals surface area contributed by atoms with Gasteiger partial charge in [0, 0.05) is 17.8 Å². The third kappa shape index (κ3) is 2.81. The molecule has 0 saturated carbocycles. The van der Waals surface area contributed by atoms with Crippen molar-refractivity contribution in [3.05, 3.63) is 64.5 Å². The number of imide groups is 1. The van der Waals surface area contributed by atoms with E-state index in [1.807, 2.05) is 0 Å². The topological polar surface area (TPSA) is 92.5 Å². The Morgan fingerprint density at radius 1 is 1.12 bits per heavy atom. The number of hydrogen-bond acceptors (Lipinski definition) is 5. The molecular weight excluding hydrogens is 317 g/mol. The van der Waals surface area contributed by atoms with Gasteiger partial charge in [-0.15, -0.1) is 0 Å². The van der Waals surface area contributed by atoms with Crippen LogP contribution in [0.4, 0.5) is 21.5 Å². The highest BCUT2D eigenvalue weighted by Crippen LogP contribution is 2.27. The zero-order chi connectivity index (χ0) is 17.3. The zero-order valence-corrected chi connectivity index (χ0v) is 12.3. The molecule has 1 heterocycles. The van der Waals surface area contributed by atoms with E-state index >= 15 is 0 Å². The van der Waals surface area contributed by atoms with Crippen LogP contribution in [0, 0.1) is 15.9 Å². The van der Waals surface area contributed by atoms with Crippen LogP contribution < -0.4 is 10.2 Å². The lowest BCUT2D eigenvalue weighted by Gasteiger charge is -2.16. The highest BCUT2D eigenvalue weighted by Gasteiger charge is 2.40. The second kappa shape index (κ2) is 6.07. The fraction of sp³-hybridized carbons (Fsp3) is 0.125. The van der Waals surface area contributed by atoms with Gasteiger partial charge in [0.2, 0.25) is 5.91 Å². The number of non-ortho nitro benzene ring substituents is 1. The minimum absolute atomic E-state index is 0.0811. The lowest BCUT2D eigenvalue weighted by Crippen LogP contribution is -2.35. The van der Waals surface area contributed by atoms with Crippen molar-refractivity contribution >= 4 is 28.9 Å². The minimum Gasteiger partial charge on any atom is -0.373 e. The Kier molecular flexibility index (Phi) is 3.95. The maximum Gasteiger partial charge on any atom is 0.269 e. The summed E-state index contributed by atoms with van der Waals surface area (Å²) in [6.45, 7) is 0. The van der Waals surface area contributed by atoms with Gasteiger partial charge >= 0.3 is 0 Å². The number of nitrogens with zero attached hydrogens (tertiary/aromatic N) is 2. The summed E-state index contributed by atoms with van der Waals surface area (Å²) in [5.41, 5.74) is 0.296. The van der Waals surface area contributed by atoms with Crippen LogP contribution in [0.5, 0.6) is 0 Å². The van der Waals surface area contributed by atoms with Crippen molar-refractivity contribution in [3.8, 4) is 0 Å². The summed E-state index contributed by atoms with van der Waals surface area (Å²) in [5.74, 6) is -1.73. The molecule has 1 fully saturated rings. The van der Waals surface area contributed by atoms with Gasteiger partial charge in [-0.3, -0.25) is 19.7 Å². The Hall–Kier alpha value is -3.29. The molecule has 1 aliphatic heterocycles. The van der Waals surface area contributed by atoms with Gasteiger partial charge in [0.1, 0.15) is 11.9 Å². The Morgan fingerprint density at radius 2 is 1.79 bits per heavy atom. The second-order valence-corrected chi connectivity index (χ2v) is 5.22. The van der Waals surface area contributed by atoms with Crippen LogP contribution in [0.15, 0.2) is 48.5 Å². The predicted molar refractivity (Wildman–Crippen MR) is 84.0 cm³/mol. The molecule has 24 heavy (non-hydrogen) atoms. The number of para-hydroxylation sites is 1. The van der Waals surface area contributed by atoms with Gasteiger partial charge in [0.05, 0.1) is 17.0 Å². The highest BCUT2D eigenvalue weighted by atomic mass is 19.1. The summed E-state index contributed by atoms with van der Waals surface area (Å²) >= 11 is 0. The summed E-state index contributed by atoms with van der Waals surface area (Å²) in [6, 6.07) is 10.2. The standard InChI is InChI=1S/C16H12FN3O4/c17-12-3-1-2-4-14(12)19-15(21)9-13(16(19)22)18-10-5-7-11(8-6-10)20(23)24/h1-8,13,18H,9H2. The third-order valence-electron chi connectivity index (χ3n) is 3.66. The van der Waals surface area contributed by atoms with E-state index in [9.17, 15) is 24.1 Å². The zero-order valence-electron chi connectivity index (χ0n) is 12.3. The van der Waals surface area contributed by atoms with Gasteiger partial charge in [0.25, 0.3) is 11.6 Å². The summed E-state index contributed by atoms with van der Waals surface area (Å²) in [6.07, 6.45) is -0.121. The van der Waals surface area contributed by atoms with Crippen molar-refractivity contribution in [2.75, 3.05) is 10.2 Å². The number of nitrogens with one attached hydrogen (secondary N) is 1. The predicted octanol–water partition coefficient (Wildman–Crippen LogP) is 2.48. The second-order valence-electron chi connectivity index (χ2n) is 5.22. The summed E-state index contributed by atoms with van der Waals surface area (Å²) in [5, 5.41) is 13.5. The first kappa shape index (κ1) is 15.6. The van der Waals surface area contributed by atoms with E-state index in [2.05, 4.69) is 5.32 Å². The molecule has 7 nitrogen and oxygen atoms in total. The van der Waals surface area contributed by atoms with Gasteiger partial charge in [-0.25, -0.2) is 9.29 Å². The number of nitro benzene ring substituents is 1. The number of halogens is 1. The molecule has 2 amide bonds. The Morgan fingerprint density at radius 3 is 2.42 bits per heavy atom. The Balaban J connectivity index is 1.79. The van der Waals surface area contributed by atoms with Crippen molar-refractivity contribution in [2.24, 2.45) is 0 Å². The van der Waals surface area contributed by atoms with Crippen molar-refractivity contribution in [3.63, 3.8) is 0 Å². The van der Waals surface area contributed by atoms with Gasteiger partial charge in [-0.2, -0.15) is 0 Å². The van der Waals surface area contributed by atoms with Crippen molar-refractivity contribution in [1.29, 1.82) is 0 Å². The number of hydrogen-bond donors (Lipinski definition) is 1. The summed E-state index contributed by atoms with van der Waals surface area (Å²) in [4.78, 5) is 35.4.